The van der Waals surface area contributed by atoms with Crippen molar-refractivity contribution in [1.82, 2.24) is 5.32 Å². The van der Waals surface area contributed by atoms with Crippen molar-refractivity contribution < 1.29 is 4.74 Å². The number of rotatable bonds is 3. The lowest BCUT2D eigenvalue weighted by Gasteiger charge is -2.24. The van der Waals surface area contributed by atoms with E-state index in [1.807, 2.05) is 47.6 Å². The number of nitrogens with zero attached hydrogens (tertiary/aromatic N) is 1. The normalized spacial score (nSPS) is 20.1. The van der Waals surface area contributed by atoms with Crippen LogP contribution in [0.1, 0.15) is 41.5 Å². The molecule has 1 atom stereocenters. The van der Waals surface area contributed by atoms with E-state index in [-0.39, 0.29) is 6.10 Å². The molecule has 1 saturated heterocycles. The molecular weight excluding hydrogens is 224 g/mol. The van der Waals surface area contributed by atoms with Gasteiger partial charge in [0.15, 0.2) is 0 Å². The molecule has 0 aromatic rings. The van der Waals surface area contributed by atoms with Crippen molar-refractivity contribution >= 4 is 6.21 Å². The molecule has 3 heteroatoms. The standard InChI is InChI=1S/C11H18N2O.2C2H6/c1-3-10(5-6-12-4-2)11-9-13-7-8-14-11;2*1-2/h3-6,11,13H,7-9H2,1-2H3;2*1-2H3/b6-5-,10-3+,12-4?;;. The van der Waals surface area contributed by atoms with Gasteiger partial charge < -0.3 is 10.1 Å². The van der Waals surface area contributed by atoms with Crippen molar-refractivity contribution in [3.63, 3.8) is 0 Å². The van der Waals surface area contributed by atoms with Crippen LogP contribution in [0.5, 0.6) is 0 Å². The van der Waals surface area contributed by atoms with Crippen molar-refractivity contribution in [2.45, 2.75) is 47.6 Å². The topological polar surface area (TPSA) is 33.6 Å². The first-order valence-corrected chi connectivity index (χ1v) is 7.01. The molecule has 1 unspecified atom stereocenters. The van der Waals surface area contributed by atoms with Crippen molar-refractivity contribution in [3.05, 3.63) is 23.9 Å². The highest BCUT2D eigenvalue weighted by atomic mass is 16.5. The minimum atomic E-state index is 0.178. The van der Waals surface area contributed by atoms with Crippen LogP contribution in [0.2, 0.25) is 0 Å². The maximum absolute atomic E-state index is 5.63. The van der Waals surface area contributed by atoms with Gasteiger partial charge in [0.05, 0.1) is 12.7 Å². The molecule has 0 saturated carbocycles. The van der Waals surface area contributed by atoms with Gasteiger partial charge in [0.1, 0.15) is 0 Å². The molecule has 1 fully saturated rings. The first kappa shape index (κ1) is 19.4. The predicted octanol–water partition coefficient (Wildman–Crippen LogP) is 3.58. The number of nitrogens with one attached hydrogen (secondary N) is 1. The van der Waals surface area contributed by atoms with Crippen LogP contribution in [0.4, 0.5) is 0 Å². The smallest absolute Gasteiger partial charge is 0.0947 e. The fourth-order valence-electron chi connectivity index (χ4n) is 1.38. The first-order valence-electron chi connectivity index (χ1n) is 7.01. The third-order valence-electron chi connectivity index (χ3n) is 2.13. The monoisotopic (exact) mass is 254 g/mol. The van der Waals surface area contributed by atoms with Crippen LogP contribution in [0.3, 0.4) is 0 Å². The second-order valence-electron chi connectivity index (χ2n) is 3.08. The van der Waals surface area contributed by atoms with Gasteiger partial charge in [-0.05, 0) is 25.5 Å². The molecule has 1 rings (SSSR count). The van der Waals surface area contributed by atoms with Gasteiger partial charge >= 0.3 is 0 Å². The lowest BCUT2D eigenvalue weighted by molar-refractivity contribution is 0.0538. The van der Waals surface area contributed by atoms with Gasteiger partial charge in [-0.2, -0.15) is 0 Å². The summed E-state index contributed by atoms with van der Waals surface area (Å²) in [6.45, 7) is 14.5. The summed E-state index contributed by atoms with van der Waals surface area (Å²) in [7, 11) is 0. The Morgan fingerprint density at radius 2 is 1.89 bits per heavy atom. The average Bonchev–Trinajstić information content (AvgIpc) is 2.49. The molecule has 18 heavy (non-hydrogen) atoms. The molecule has 0 aliphatic carbocycles. The molecule has 0 amide bonds. The number of morpholine rings is 1. The van der Waals surface area contributed by atoms with Crippen LogP contribution < -0.4 is 5.32 Å². The van der Waals surface area contributed by atoms with Crippen molar-refractivity contribution in [2.75, 3.05) is 19.7 Å². The highest BCUT2D eigenvalue weighted by molar-refractivity contribution is 5.54. The van der Waals surface area contributed by atoms with Gasteiger partial charge in [-0.15, -0.1) is 0 Å². The lowest BCUT2D eigenvalue weighted by Crippen LogP contribution is -2.39. The predicted molar refractivity (Wildman–Crippen MR) is 82.4 cm³/mol. The molecule has 1 aliphatic heterocycles. The van der Waals surface area contributed by atoms with E-state index in [2.05, 4.69) is 16.4 Å². The minimum absolute atomic E-state index is 0.178. The number of hydrogen-bond donors (Lipinski definition) is 1. The molecule has 0 spiro atoms. The van der Waals surface area contributed by atoms with E-state index in [1.54, 1.807) is 12.4 Å². The minimum Gasteiger partial charge on any atom is -0.371 e. The van der Waals surface area contributed by atoms with Gasteiger partial charge in [-0.1, -0.05) is 33.8 Å². The summed E-state index contributed by atoms with van der Waals surface area (Å²) in [4.78, 5) is 4.03. The third-order valence-corrected chi connectivity index (χ3v) is 2.13. The van der Waals surface area contributed by atoms with E-state index in [1.165, 1.54) is 5.57 Å². The van der Waals surface area contributed by atoms with E-state index in [9.17, 15) is 0 Å². The van der Waals surface area contributed by atoms with Gasteiger partial charge in [0.25, 0.3) is 0 Å². The highest BCUT2D eigenvalue weighted by Crippen LogP contribution is 2.10. The Morgan fingerprint density at radius 1 is 1.22 bits per heavy atom. The first-order chi connectivity index (χ1) is 8.88. The zero-order chi connectivity index (χ0) is 14.2. The number of hydrogen-bond acceptors (Lipinski definition) is 3. The number of aliphatic imine (C=N–C) groups is 1. The third kappa shape index (κ3) is 9.14. The van der Waals surface area contributed by atoms with E-state index < -0.39 is 0 Å². The van der Waals surface area contributed by atoms with Crippen LogP contribution in [0, 0.1) is 0 Å². The zero-order valence-corrected chi connectivity index (χ0v) is 12.9. The average molecular weight is 254 g/mol. The van der Waals surface area contributed by atoms with Crippen molar-refractivity contribution in [2.24, 2.45) is 4.99 Å². The Hall–Kier alpha value is -0.930. The summed E-state index contributed by atoms with van der Waals surface area (Å²) in [6, 6.07) is 0. The molecule has 0 radical (unpaired) electrons. The van der Waals surface area contributed by atoms with E-state index in [4.69, 9.17) is 4.74 Å². The summed E-state index contributed by atoms with van der Waals surface area (Å²) < 4.78 is 5.63. The Balaban J connectivity index is 0. The summed E-state index contributed by atoms with van der Waals surface area (Å²) in [6.07, 6.45) is 7.81. The second kappa shape index (κ2) is 16.1. The quantitative estimate of drug-likeness (QED) is 0.617. The van der Waals surface area contributed by atoms with Gasteiger partial charge in [-0.3, -0.25) is 4.99 Å². The SMILES string of the molecule is CC.CC.CC=N/C=C\C(=C/C)C1CNCCO1. The molecular formula is C15H30N2O. The largest absolute Gasteiger partial charge is 0.371 e. The Bertz CT molecular complexity index is 239. The zero-order valence-electron chi connectivity index (χ0n) is 12.9. The summed E-state index contributed by atoms with van der Waals surface area (Å²) in [5, 5.41) is 3.30. The van der Waals surface area contributed by atoms with Crippen LogP contribution >= 0.6 is 0 Å². The van der Waals surface area contributed by atoms with E-state index >= 15 is 0 Å². The fraction of sp³-hybridized carbons (Fsp3) is 0.667. The van der Waals surface area contributed by atoms with Crippen LogP contribution in [0.25, 0.3) is 0 Å². The second-order valence-corrected chi connectivity index (χ2v) is 3.08. The molecule has 1 aliphatic rings. The van der Waals surface area contributed by atoms with Gasteiger partial charge in [0, 0.05) is 25.5 Å². The van der Waals surface area contributed by atoms with Crippen LogP contribution in [-0.4, -0.2) is 32.0 Å². The number of ether oxygens (including phenoxy) is 1. The van der Waals surface area contributed by atoms with Crippen molar-refractivity contribution in [3.8, 4) is 0 Å². The number of allylic oxidation sites excluding steroid dienone is 1. The maximum atomic E-state index is 5.63. The summed E-state index contributed by atoms with van der Waals surface area (Å²) in [5.74, 6) is 0. The fourth-order valence-corrected chi connectivity index (χ4v) is 1.38. The molecule has 0 bridgehead atoms. The Morgan fingerprint density at radius 3 is 2.33 bits per heavy atom. The molecule has 0 aromatic heterocycles. The van der Waals surface area contributed by atoms with Crippen LogP contribution in [-0.2, 0) is 4.74 Å². The molecule has 3 nitrogen and oxygen atoms in total. The summed E-state index contributed by atoms with van der Waals surface area (Å²) in [5.41, 5.74) is 1.18. The summed E-state index contributed by atoms with van der Waals surface area (Å²) >= 11 is 0. The lowest BCUT2D eigenvalue weighted by atomic mass is 10.1. The molecule has 1 heterocycles. The van der Waals surface area contributed by atoms with Crippen molar-refractivity contribution in [1.29, 1.82) is 0 Å². The maximum Gasteiger partial charge on any atom is 0.0947 e. The van der Waals surface area contributed by atoms with E-state index in [0.717, 1.165) is 19.7 Å². The van der Waals surface area contributed by atoms with E-state index in [0.29, 0.717) is 0 Å². The van der Waals surface area contributed by atoms with Gasteiger partial charge in [0.2, 0.25) is 0 Å². The van der Waals surface area contributed by atoms with Crippen LogP contribution in [0.15, 0.2) is 28.9 Å². The highest BCUT2D eigenvalue weighted by Gasteiger charge is 2.15. The molecule has 0 aromatic carbocycles. The molecule has 1 N–H and O–H groups in total. The Labute approximate surface area is 113 Å². The Kier molecular flexibility index (Phi) is 17.3. The van der Waals surface area contributed by atoms with Gasteiger partial charge in [-0.25, -0.2) is 0 Å². The molecule has 106 valence electrons.